The molecular formula is C12H7Cl2F2IN2O2. The summed E-state index contributed by atoms with van der Waals surface area (Å²) in [4.78, 5) is 8.12. The molecule has 0 saturated heterocycles. The number of ether oxygens (including phenoxy) is 2. The van der Waals surface area contributed by atoms with Crippen LogP contribution >= 0.6 is 45.8 Å². The molecule has 0 spiro atoms. The van der Waals surface area contributed by atoms with Gasteiger partial charge in [-0.05, 0) is 40.8 Å². The van der Waals surface area contributed by atoms with Gasteiger partial charge in [0.2, 0.25) is 0 Å². The number of halogens is 5. The van der Waals surface area contributed by atoms with Gasteiger partial charge in [-0.2, -0.15) is 8.78 Å². The van der Waals surface area contributed by atoms with Crippen LogP contribution < -0.4 is 9.47 Å². The van der Waals surface area contributed by atoms with E-state index in [1.807, 2.05) is 22.6 Å². The van der Waals surface area contributed by atoms with Gasteiger partial charge in [-0.3, -0.25) is 0 Å². The molecule has 2 rings (SSSR count). The molecule has 4 nitrogen and oxygen atoms in total. The Bertz CT molecular complexity index is 651. The highest BCUT2D eigenvalue weighted by Crippen LogP contribution is 2.34. The summed E-state index contributed by atoms with van der Waals surface area (Å²) in [6.07, 6.45) is 0. The van der Waals surface area contributed by atoms with Gasteiger partial charge >= 0.3 is 6.61 Å². The third kappa shape index (κ3) is 3.83. The lowest BCUT2D eigenvalue weighted by Gasteiger charge is -2.11. The Morgan fingerprint density at radius 2 is 1.76 bits per heavy atom. The van der Waals surface area contributed by atoms with Crippen LogP contribution in [-0.4, -0.2) is 23.7 Å². The molecule has 0 N–H and O–H groups in total. The summed E-state index contributed by atoms with van der Waals surface area (Å²) in [5.74, 6) is 0.244. The largest absolute Gasteiger partial charge is 0.493 e. The Labute approximate surface area is 142 Å². The quantitative estimate of drug-likeness (QED) is 0.506. The van der Waals surface area contributed by atoms with Crippen molar-refractivity contribution in [1.29, 1.82) is 0 Å². The average molecular weight is 447 g/mol. The van der Waals surface area contributed by atoms with E-state index in [2.05, 4.69) is 14.7 Å². The molecule has 0 amide bonds. The first-order valence-electron chi connectivity index (χ1n) is 5.44. The van der Waals surface area contributed by atoms with E-state index < -0.39 is 6.61 Å². The van der Waals surface area contributed by atoms with Crippen LogP contribution in [0.2, 0.25) is 10.3 Å². The molecule has 9 heteroatoms. The monoisotopic (exact) mass is 446 g/mol. The zero-order chi connectivity index (χ0) is 15.6. The van der Waals surface area contributed by atoms with Crippen molar-refractivity contribution < 1.29 is 18.3 Å². The fraction of sp³-hybridized carbons (Fsp3) is 0.167. The molecule has 1 aromatic carbocycles. The van der Waals surface area contributed by atoms with E-state index in [9.17, 15) is 8.78 Å². The Morgan fingerprint density at radius 3 is 2.29 bits per heavy atom. The van der Waals surface area contributed by atoms with Gasteiger partial charge in [-0.15, -0.1) is 0 Å². The molecule has 0 fully saturated rings. The van der Waals surface area contributed by atoms with E-state index in [4.69, 9.17) is 27.9 Å². The fourth-order valence-electron chi connectivity index (χ4n) is 1.53. The lowest BCUT2D eigenvalue weighted by molar-refractivity contribution is -0.0511. The van der Waals surface area contributed by atoms with Crippen LogP contribution in [0.4, 0.5) is 8.78 Å². The van der Waals surface area contributed by atoms with Gasteiger partial charge in [-0.1, -0.05) is 23.2 Å². The van der Waals surface area contributed by atoms with E-state index in [1.165, 1.54) is 19.2 Å². The molecule has 0 unspecified atom stereocenters. The van der Waals surface area contributed by atoms with Crippen LogP contribution in [-0.2, 0) is 0 Å². The Kier molecular flexibility index (Phi) is 5.39. The predicted octanol–water partition coefficient (Wildman–Crippen LogP) is 4.67. The number of nitrogens with zero attached hydrogens (tertiary/aromatic N) is 2. The summed E-state index contributed by atoms with van der Waals surface area (Å²) in [6, 6.07) is 4.39. The predicted molar refractivity (Wildman–Crippen MR) is 83.4 cm³/mol. The molecule has 0 radical (unpaired) electrons. The zero-order valence-corrected chi connectivity index (χ0v) is 14.1. The minimum Gasteiger partial charge on any atom is -0.493 e. The summed E-state index contributed by atoms with van der Waals surface area (Å²) in [7, 11) is 1.35. The number of aromatic nitrogens is 2. The minimum atomic E-state index is -2.97. The smallest absolute Gasteiger partial charge is 0.387 e. The van der Waals surface area contributed by atoms with Crippen molar-refractivity contribution in [3.63, 3.8) is 0 Å². The van der Waals surface area contributed by atoms with Gasteiger partial charge < -0.3 is 9.47 Å². The highest BCUT2D eigenvalue weighted by Gasteiger charge is 2.15. The van der Waals surface area contributed by atoms with Crippen molar-refractivity contribution in [3.05, 3.63) is 32.1 Å². The fourth-order valence-corrected chi connectivity index (χ4v) is 2.16. The molecule has 1 aromatic heterocycles. The van der Waals surface area contributed by atoms with Crippen LogP contribution in [0.3, 0.4) is 0 Å². The standard InChI is InChI=1S/C12H7Cl2F2IN2O2/c1-20-6-3-2-5(4-7(6)21-12(15)16)11-18-9(13)8(17)10(14)19-11/h2-4,12H,1H3. The van der Waals surface area contributed by atoms with Crippen LogP contribution in [0.1, 0.15) is 0 Å². The number of hydrogen-bond donors (Lipinski definition) is 0. The lowest BCUT2D eigenvalue weighted by Crippen LogP contribution is -2.04. The van der Waals surface area contributed by atoms with Gasteiger partial charge in [0, 0.05) is 5.56 Å². The molecule has 0 aliphatic carbocycles. The summed E-state index contributed by atoms with van der Waals surface area (Å²) in [6.45, 7) is -2.97. The Balaban J connectivity index is 2.49. The molecule has 2 aromatic rings. The maximum absolute atomic E-state index is 12.4. The summed E-state index contributed by atoms with van der Waals surface area (Å²) in [5, 5.41) is 0.357. The van der Waals surface area contributed by atoms with Gasteiger partial charge in [-0.25, -0.2) is 9.97 Å². The van der Waals surface area contributed by atoms with E-state index in [0.29, 0.717) is 9.13 Å². The molecule has 112 valence electrons. The normalized spacial score (nSPS) is 10.8. The van der Waals surface area contributed by atoms with E-state index in [0.717, 1.165) is 0 Å². The summed E-state index contributed by atoms with van der Waals surface area (Å²) in [5.41, 5.74) is 0.423. The minimum absolute atomic E-state index is 0.126. The second-order valence-electron chi connectivity index (χ2n) is 3.69. The summed E-state index contributed by atoms with van der Waals surface area (Å²) < 4.78 is 34.7. The molecule has 0 atom stereocenters. The second-order valence-corrected chi connectivity index (χ2v) is 5.48. The maximum Gasteiger partial charge on any atom is 0.387 e. The molecule has 0 aliphatic rings. The zero-order valence-electron chi connectivity index (χ0n) is 10.4. The van der Waals surface area contributed by atoms with E-state index in [-0.39, 0.29) is 27.6 Å². The number of benzene rings is 1. The topological polar surface area (TPSA) is 44.2 Å². The third-order valence-electron chi connectivity index (χ3n) is 2.41. The van der Waals surface area contributed by atoms with Crippen molar-refractivity contribution in [2.24, 2.45) is 0 Å². The van der Waals surface area contributed by atoms with Crippen molar-refractivity contribution in [3.8, 4) is 22.9 Å². The van der Waals surface area contributed by atoms with Gasteiger partial charge in [0.25, 0.3) is 0 Å². The highest BCUT2D eigenvalue weighted by atomic mass is 127. The van der Waals surface area contributed by atoms with Crippen LogP contribution in [0.25, 0.3) is 11.4 Å². The first-order chi connectivity index (χ1) is 9.92. The first-order valence-corrected chi connectivity index (χ1v) is 7.27. The lowest BCUT2D eigenvalue weighted by atomic mass is 10.2. The van der Waals surface area contributed by atoms with Crippen LogP contribution in [0.15, 0.2) is 18.2 Å². The molecule has 0 aliphatic heterocycles. The Morgan fingerprint density at radius 1 is 1.14 bits per heavy atom. The molecule has 1 heterocycles. The molecular weight excluding hydrogens is 440 g/mol. The van der Waals surface area contributed by atoms with Crippen molar-refractivity contribution in [2.75, 3.05) is 7.11 Å². The molecule has 0 saturated carbocycles. The third-order valence-corrected chi connectivity index (χ3v) is 4.61. The SMILES string of the molecule is COc1ccc(-c2nc(Cl)c(I)c(Cl)n2)cc1OC(F)F. The second kappa shape index (κ2) is 6.89. The number of rotatable bonds is 4. The molecule has 21 heavy (non-hydrogen) atoms. The van der Waals surface area contributed by atoms with E-state index >= 15 is 0 Å². The first kappa shape index (κ1) is 16.4. The average Bonchev–Trinajstić information content (AvgIpc) is 2.43. The van der Waals surface area contributed by atoms with Crippen molar-refractivity contribution >= 4 is 45.8 Å². The molecule has 0 bridgehead atoms. The Hall–Kier alpha value is -0.930. The van der Waals surface area contributed by atoms with Crippen molar-refractivity contribution in [2.45, 2.75) is 6.61 Å². The van der Waals surface area contributed by atoms with Crippen LogP contribution in [0.5, 0.6) is 11.5 Å². The summed E-state index contributed by atoms with van der Waals surface area (Å²) >= 11 is 13.8. The van der Waals surface area contributed by atoms with Crippen LogP contribution in [0, 0.1) is 3.57 Å². The number of alkyl halides is 2. The number of methoxy groups -OCH3 is 1. The highest BCUT2D eigenvalue weighted by molar-refractivity contribution is 14.1. The van der Waals surface area contributed by atoms with Gasteiger partial charge in [0.1, 0.15) is 10.3 Å². The van der Waals surface area contributed by atoms with Gasteiger partial charge in [0.15, 0.2) is 17.3 Å². The number of hydrogen-bond acceptors (Lipinski definition) is 4. The van der Waals surface area contributed by atoms with Gasteiger partial charge in [0.05, 0.1) is 10.7 Å². The van der Waals surface area contributed by atoms with E-state index in [1.54, 1.807) is 6.07 Å². The van der Waals surface area contributed by atoms with Crippen molar-refractivity contribution in [1.82, 2.24) is 9.97 Å². The maximum atomic E-state index is 12.4.